The minimum Gasteiger partial charge on any atom is -0.454 e. The number of nitrogens with zero attached hydrogens (tertiary/aromatic N) is 2. The number of carbonyl (C=O) groups excluding carboxylic acids is 1. The van der Waals surface area contributed by atoms with Gasteiger partial charge in [-0.05, 0) is 30.5 Å². The first kappa shape index (κ1) is 15.5. The summed E-state index contributed by atoms with van der Waals surface area (Å²) in [5.41, 5.74) is 2.29. The Balaban J connectivity index is 1.63. The zero-order valence-electron chi connectivity index (χ0n) is 13.3. The van der Waals surface area contributed by atoms with E-state index in [2.05, 4.69) is 15.0 Å². The number of para-hydroxylation sites is 1. The van der Waals surface area contributed by atoms with Crippen LogP contribution in [0, 0.1) is 6.92 Å². The molecule has 0 saturated heterocycles. The number of aromatic amines is 1. The molecule has 0 aliphatic heterocycles. The van der Waals surface area contributed by atoms with E-state index in [-0.39, 0.29) is 12.2 Å². The van der Waals surface area contributed by atoms with Gasteiger partial charge < -0.3 is 9.72 Å². The van der Waals surface area contributed by atoms with Crippen LogP contribution in [-0.4, -0.2) is 20.9 Å². The molecule has 0 amide bonds. The van der Waals surface area contributed by atoms with Crippen LogP contribution in [-0.2, 0) is 11.3 Å². The number of esters is 1. The van der Waals surface area contributed by atoms with Gasteiger partial charge in [-0.2, -0.15) is 0 Å². The fourth-order valence-corrected chi connectivity index (χ4v) is 3.40. The first-order valence-electron chi connectivity index (χ1n) is 7.62. The normalized spacial score (nSPS) is 11.1. The molecule has 0 saturated carbocycles. The number of aryl methyl sites for hydroxylation is 1. The number of benzene rings is 1. The van der Waals surface area contributed by atoms with E-state index < -0.39 is 5.97 Å². The highest BCUT2D eigenvalue weighted by atomic mass is 32.1. The van der Waals surface area contributed by atoms with Crippen LogP contribution in [0.25, 0.3) is 21.1 Å². The summed E-state index contributed by atoms with van der Waals surface area (Å²) in [5.74, 6) is -0.158. The van der Waals surface area contributed by atoms with Gasteiger partial charge in [-0.15, -0.1) is 11.3 Å². The number of hydrogen-bond acceptors (Lipinski definition) is 6. The van der Waals surface area contributed by atoms with E-state index in [0.29, 0.717) is 21.6 Å². The van der Waals surface area contributed by atoms with Crippen LogP contribution in [0.5, 0.6) is 0 Å². The molecule has 124 valence electrons. The molecule has 1 aromatic carbocycles. The second kappa shape index (κ2) is 6.10. The van der Waals surface area contributed by atoms with Gasteiger partial charge in [0.15, 0.2) is 0 Å². The summed E-state index contributed by atoms with van der Waals surface area (Å²) in [6.07, 6.45) is 0. The number of hydrogen-bond donors (Lipinski definition) is 1. The topological polar surface area (TPSA) is 84.9 Å². The third-order valence-corrected chi connectivity index (χ3v) is 4.67. The van der Waals surface area contributed by atoms with Crippen molar-refractivity contribution < 1.29 is 9.53 Å². The van der Waals surface area contributed by atoms with Crippen molar-refractivity contribution in [3.63, 3.8) is 0 Å². The van der Waals surface area contributed by atoms with Gasteiger partial charge in [0.25, 0.3) is 5.56 Å². The van der Waals surface area contributed by atoms with Crippen molar-refractivity contribution in [2.24, 2.45) is 0 Å². The maximum absolute atomic E-state index is 12.5. The highest BCUT2D eigenvalue weighted by Gasteiger charge is 2.14. The van der Waals surface area contributed by atoms with Gasteiger partial charge in [-0.3, -0.25) is 9.78 Å². The Kier molecular flexibility index (Phi) is 3.77. The van der Waals surface area contributed by atoms with E-state index in [9.17, 15) is 9.59 Å². The predicted octanol–water partition coefficient (Wildman–Crippen LogP) is 3.20. The van der Waals surface area contributed by atoms with Crippen LogP contribution < -0.4 is 5.56 Å². The third-order valence-electron chi connectivity index (χ3n) is 3.77. The number of thiophene rings is 1. The largest absolute Gasteiger partial charge is 0.454 e. The van der Waals surface area contributed by atoms with Crippen LogP contribution in [0.4, 0.5) is 0 Å². The van der Waals surface area contributed by atoms with Crippen molar-refractivity contribution in [2.45, 2.75) is 13.5 Å². The number of fused-ring (bicyclic) bond motifs is 2. The number of rotatable bonds is 3. The molecule has 0 spiro atoms. The molecule has 4 aromatic rings. The minimum absolute atomic E-state index is 0.102. The standard InChI is InChI=1S/C18H13N3O3S/c1-10-8-12(11-4-2-3-5-13(11)19-10)18(23)24-9-15-20-14-6-7-25-16(14)17(22)21-15/h2-8H,9H2,1H3,(H,20,21,22). The van der Waals surface area contributed by atoms with E-state index in [1.54, 1.807) is 17.5 Å². The van der Waals surface area contributed by atoms with E-state index in [4.69, 9.17) is 4.74 Å². The van der Waals surface area contributed by atoms with Crippen LogP contribution in [0.1, 0.15) is 21.9 Å². The van der Waals surface area contributed by atoms with Gasteiger partial charge in [-0.25, -0.2) is 9.78 Å². The Labute approximate surface area is 146 Å². The molecule has 3 heterocycles. The SMILES string of the molecule is Cc1cc(C(=O)OCc2nc3ccsc3c(=O)[nH]2)c2ccccc2n1. The molecule has 1 N–H and O–H groups in total. The Morgan fingerprint density at radius 1 is 1.20 bits per heavy atom. The van der Waals surface area contributed by atoms with Crippen molar-refractivity contribution in [3.8, 4) is 0 Å². The van der Waals surface area contributed by atoms with E-state index in [0.717, 1.165) is 16.6 Å². The second-order valence-electron chi connectivity index (χ2n) is 5.55. The molecule has 25 heavy (non-hydrogen) atoms. The zero-order valence-corrected chi connectivity index (χ0v) is 14.1. The van der Waals surface area contributed by atoms with E-state index in [1.807, 2.05) is 31.2 Å². The number of ether oxygens (including phenoxy) is 1. The fourth-order valence-electron chi connectivity index (χ4n) is 2.68. The molecule has 0 aliphatic carbocycles. The second-order valence-corrected chi connectivity index (χ2v) is 6.47. The average Bonchev–Trinajstić information content (AvgIpc) is 3.08. The Morgan fingerprint density at radius 3 is 2.92 bits per heavy atom. The minimum atomic E-state index is -0.477. The average molecular weight is 351 g/mol. The van der Waals surface area contributed by atoms with Gasteiger partial charge in [0.1, 0.15) is 17.1 Å². The van der Waals surface area contributed by atoms with Crippen molar-refractivity contribution in [3.05, 3.63) is 69.2 Å². The molecule has 3 aromatic heterocycles. The summed E-state index contributed by atoms with van der Waals surface area (Å²) >= 11 is 1.33. The Bertz CT molecular complexity index is 1160. The number of carbonyl (C=O) groups is 1. The molecule has 4 rings (SSSR count). The molecule has 0 aliphatic rings. The maximum Gasteiger partial charge on any atom is 0.339 e. The highest BCUT2D eigenvalue weighted by Crippen LogP contribution is 2.19. The Hall–Kier alpha value is -3.06. The fraction of sp³-hybridized carbons (Fsp3) is 0.111. The van der Waals surface area contributed by atoms with E-state index in [1.165, 1.54) is 11.3 Å². The summed E-state index contributed by atoms with van der Waals surface area (Å²) in [6.45, 7) is 1.72. The number of H-pyrrole nitrogens is 1. The molecule has 0 radical (unpaired) electrons. The summed E-state index contributed by atoms with van der Waals surface area (Å²) < 4.78 is 5.92. The van der Waals surface area contributed by atoms with Gasteiger partial charge in [-0.1, -0.05) is 18.2 Å². The monoisotopic (exact) mass is 351 g/mol. The van der Waals surface area contributed by atoms with Crippen LogP contribution in [0.3, 0.4) is 0 Å². The third kappa shape index (κ3) is 2.89. The zero-order chi connectivity index (χ0) is 17.4. The lowest BCUT2D eigenvalue weighted by atomic mass is 10.1. The molecule has 0 unspecified atom stereocenters. The lowest BCUT2D eigenvalue weighted by Crippen LogP contribution is -2.14. The van der Waals surface area contributed by atoms with Crippen molar-refractivity contribution >= 4 is 38.4 Å². The van der Waals surface area contributed by atoms with Gasteiger partial charge in [0, 0.05) is 11.1 Å². The quantitative estimate of drug-likeness (QED) is 0.573. The predicted molar refractivity (Wildman–Crippen MR) is 95.8 cm³/mol. The lowest BCUT2D eigenvalue weighted by molar-refractivity contribution is 0.0464. The van der Waals surface area contributed by atoms with Crippen molar-refractivity contribution in [2.75, 3.05) is 0 Å². The van der Waals surface area contributed by atoms with E-state index >= 15 is 0 Å². The highest BCUT2D eigenvalue weighted by molar-refractivity contribution is 7.17. The molecular formula is C18H13N3O3S. The van der Waals surface area contributed by atoms with Crippen LogP contribution in [0.15, 0.2) is 46.6 Å². The summed E-state index contributed by atoms with van der Waals surface area (Å²) in [5, 5.41) is 2.53. The molecular weight excluding hydrogens is 338 g/mol. The summed E-state index contributed by atoms with van der Waals surface area (Å²) in [7, 11) is 0. The maximum atomic E-state index is 12.5. The van der Waals surface area contributed by atoms with Crippen molar-refractivity contribution in [1.82, 2.24) is 15.0 Å². The Morgan fingerprint density at radius 2 is 2.04 bits per heavy atom. The molecule has 7 heteroatoms. The van der Waals surface area contributed by atoms with Crippen LogP contribution in [0.2, 0.25) is 0 Å². The number of nitrogens with one attached hydrogen (secondary N) is 1. The van der Waals surface area contributed by atoms with Crippen LogP contribution >= 0.6 is 11.3 Å². The first-order chi connectivity index (χ1) is 12.1. The molecule has 0 bridgehead atoms. The smallest absolute Gasteiger partial charge is 0.339 e. The summed E-state index contributed by atoms with van der Waals surface area (Å²) in [4.78, 5) is 35.8. The van der Waals surface area contributed by atoms with Gasteiger partial charge in [0.05, 0.1) is 16.6 Å². The first-order valence-corrected chi connectivity index (χ1v) is 8.50. The molecule has 0 atom stereocenters. The summed E-state index contributed by atoms with van der Waals surface area (Å²) in [6, 6.07) is 10.9. The van der Waals surface area contributed by atoms with Crippen molar-refractivity contribution in [1.29, 1.82) is 0 Å². The van der Waals surface area contributed by atoms with Gasteiger partial charge in [0.2, 0.25) is 0 Å². The lowest BCUT2D eigenvalue weighted by Gasteiger charge is -2.08. The number of aromatic nitrogens is 3. The van der Waals surface area contributed by atoms with Gasteiger partial charge >= 0.3 is 5.97 Å². The molecule has 6 nitrogen and oxygen atoms in total. The number of pyridine rings is 1. The molecule has 0 fully saturated rings.